The first-order chi connectivity index (χ1) is 5.59. The van der Waals surface area contributed by atoms with Crippen molar-refractivity contribution in [1.82, 2.24) is 0 Å². The number of halogens is 2. The highest BCUT2D eigenvalue weighted by molar-refractivity contribution is 5.19. The van der Waals surface area contributed by atoms with E-state index in [4.69, 9.17) is 5.11 Å². The highest BCUT2D eigenvalue weighted by atomic mass is 19.1. The molecule has 0 amide bonds. The summed E-state index contributed by atoms with van der Waals surface area (Å²) in [6.07, 6.45) is -0.509. The van der Waals surface area contributed by atoms with Gasteiger partial charge in [0.1, 0.15) is 11.6 Å². The topological polar surface area (TPSA) is 20.2 Å². The summed E-state index contributed by atoms with van der Waals surface area (Å²) in [4.78, 5) is 0. The summed E-state index contributed by atoms with van der Waals surface area (Å²) in [5.74, 6) is -0.954. The van der Waals surface area contributed by atoms with Crippen molar-refractivity contribution in [3.05, 3.63) is 35.4 Å². The fraction of sp³-hybridized carbons (Fsp3) is 0.333. The van der Waals surface area contributed by atoms with E-state index in [9.17, 15) is 8.78 Å². The summed E-state index contributed by atoms with van der Waals surface area (Å²) in [6.45, 7) is 1.53. The molecule has 0 aliphatic carbocycles. The van der Waals surface area contributed by atoms with E-state index in [0.29, 0.717) is 0 Å². The summed E-state index contributed by atoms with van der Waals surface area (Å²) in [7, 11) is 0. The summed E-state index contributed by atoms with van der Waals surface area (Å²) >= 11 is 0. The fourth-order valence-corrected chi connectivity index (χ4v) is 1.02. The van der Waals surface area contributed by atoms with Gasteiger partial charge in [-0.3, -0.25) is 0 Å². The molecule has 1 N–H and O–H groups in total. The van der Waals surface area contributed by atoms with Crippen LogP contribution in [-0.4, -0.2) is 11.2 Å². The average Bonchev–Trinajstić information content (AvgIpc) is 1.96. The van der Waals surface area contributed by atoms with Gasteiger partial charge in [0.05, 0.1) is 6.10 Å². The zero-order chi connectivity index (χ0) is 9.14. The molecule has 0 fully saturated rings. The number of aliphatic hydroxyl groups excluding tert-OH is 1. The maximum Gasteiger partial charge on any atom is 0.126 e. The zero-order valence-electron chi connectivity index (χ0n) is 6.72. The molecule has 0 saturated heterocycles. The van der Waals surface area contributed by atoms with Crippen molar-refractivity contribution in [1.29, 1.82) is 0 Å². The van der Waals surface area contributed by atoms with Crippen molar-refractivity contribution in [2.75, 3.05) is 0 Å². The van der Waals surface area contributed by atoms with Crippen molar-refractivity contribution in [2.24, 2.45) is 0 Å². The van der Waals surface area contributed by atoms with E-state index < -0.39 is 17.7 Å². The molecule has 12 heavy (non-hydrogen) atoms. The molecule has 0 aliphatic heterocycles. The Hall–Kier alpha value is -0.960. The maximum absolute atomic E-state index is 12.9. The quantitative estimate of drug-likeness (QED) is 0.722. The first-order valence-electron chi connectivity index (χ1n) is 3.71. The largest absolute Gasteiger partial charge is 0.393 e. The third kappa shape index (κ3) is 2.27. The normalized spacial score (nSPS) is 13.0. The smallest absolute Gasteiger partial charge is 0.126 e. The lowest BCUT2D eigenvalue weighted by Gasteiger charge is -2.04. The van der Waals surface area contributed by atoms with Gasteiger partial charge in [0, 0.05) is 6.42 Å². The number of hydrogen-bond acceptors (Lipinski definition) is 1. The minimum absolute atomic E-state index is 0.142. The Labute approximate surface area is 69.7 Å². The van der Waals surface area contributed by atoms with E-state index in [1.54, 1.807) is 0 Å². The SMILES string of the molecule is C[C@@H](O)Cc1cc(F)ccc1F. The molecule has 1 aromatic carbocycles. The number of aliphatic hydroxyl groups is 1. The van der Waals surface area contributed by atoms with Crippen LogP contribution in [0.15, 0.2) is 18.2 Å². The van der Waals surface area contributed by atoms with Crippen LogP contribution in [-0.2, 0) is 6.42 Å². The van der Waals surface area contributed by atoms with Gasteiger partial charge in [-0.25, -0.2) is 8.78 Å². The van der Waals surface area contributed by atoms with Crippen LogP contribution in [0.5, 0.6) is 0 Å². The molecule has 1 aromatic rings. The van der Waals surface area contributed by atoms with Crippen LogP contribution in [0.4, 0.5) is 8.78 Å². The lowest BCUT2D eigenvalue weighted by Crippen LogP contribution is -2.06. The Morgan fingerprint density at radius 1 is 1.42 bits per heavy atom. The van der Waals surface area contributed by atoms with Crippen LogP contribution in [0.2, 0.25) is 0 Å². The van der Waals surface area contributed by atoms with Crippen molar-refractivity contribution in [2.45, 2.75) is 19.4 Å². The van der Waals surface area contributed by atoms with E-state index in [1.165, 1.54) is 6.92 Å². The third-order valence-electron chi connectivity index (χ3n) is 1.52. The van der Waals surface area contributed by atoms with Crippen LogP contribution in [0.3, 0.4) is 0 Å². The second-order valence-electron chi connectivity index (χ2n) is 2.79. The van der Waals surface area contributed by atoms with Gasteiger partial charge in [0.25, 0.3) is 0 Å². The molecule has 0 radical (unpaired) electrons. The Morgan fingerprint density at radius 2 is 2.08 bits per heavy atom. The number of benzene rings is 1. The Bertz CT molecular complexity index is 271. The van der Waals surface area contributed by atoms with Gasteiger partial charge in [0.15, 0.2) is 0 Å². The Balaban J connectivity index is 2.90. The van der Waals surface area contributed by atoms with Crippen molar-refractivity contribution in [3.63, 3.8) is 0 Å². The first kappa shape index (κ1) is 9.13. The van der Waals surface area contributed by atoms with Gasteiger partial charge in [0.2, 0.25) is 0 Å². The molecule has 0 bridgehead atoms. The molecule has 1 atom stereocenters. The Kier molecular flexibility index (Phi) is 2.76. The van der Waals surface area contributed by atoms with Crippen LogP contribution in [0, 0.1) is 11.6 Å². The molecular weight excluding hydrogens is 162 g/mol. The van der Waals surface area contributed by atoms with Crippen LogP contribution in [0.25, 0.3) is 0 Å². The van der Waals surface area contributed by atoms with E-state index in [0.717, 1.165) is 18.2 Å². The van der Waals surface area contributed by atoms with E-state index in [-0.39, 0.29) is 12.0 Å². The predicted octanol–water partition coefficient (Wildman–Crippen LogP) is 1.89. The monoisotopic (exact) mass is 172 g/mol. The van der Waals surface area contributed by atoms with Crippen LogP contribution in [0.1, 0.15) is 12.5 Å². The molecule has 0 unspecified atom stereocenters. The van der Waals surface area contributed by atoms with Gasteiger partial charge in [-0.2, -0.15) is 0 Å². The van der Waals surface area contributed by atoms with Gasteiger partial charge < -0.3 is 5.11 Å². The summed E-state index contributed by atoms with van der Waals surface area (Å²) < 4.78 is 25.4. The third-order valence-corrected chi connectivity index (χ3v) is 1.52. The Morgan fingerprint density at radius 3 is 2.67 bits per heavy atom. The highest BCUT2D eigenvalue weighted by Crippen LogP contribution is 2.11. The molecule has 0 saturated carbocycles. The van der Waals surface area contributed by atoms with E-state index >= 15 is 0 Å². The van der Waals surface area contributed by atoms with Gasteiger partial charge in [-0.1, -0.05) is 0 Å². The average molecular weight is 172 g/mol. The van der Waals surface area contributed by atoms with E-state index in [2.05, 4.69) is 0 Å². The minimum Gasteiger partial charge on any atom is -0.393 e. The molecule has 1 rings (SSSR count). The van der Waals surface area contributed by atoms with Crippen molar-refractivity contribution in [3.8, 4) is 0 Å². The van der Waals surface area contributed by atoms with E-state index in [1.807, 2.05) is 0 Å². The molecular formula is C9H10F2O. The molecule has 0 aromatic heterocycles. The van der Waals surface area contributed by atoms with Gasteiger partial charge >= 0.3 is 0 Å². The lowest BCUT2D eigenvalue weighted by atomic mass is 10.1. The number of rotatable bonds is 2. The predicted molar refractivity (Wildman–Crippen MR) is 41.7 cm³/mol. The van der Waals surface area contributed by atoms with Gasteiger partial charge in [-0.15, -0.1) is 0 Å². The first-order valence-corrected chi connectivity index (χ1v) is 3.71. The molecule has 0 spiro atoms. The molecule has 0 heterocycles. The summed E-state index contributed by atoms with van der Waals surface area (Å²) in [6, 6.07) is 3.22. The summed E-state index contributed by atoms with van der Waals surface area (Å²) in [5.41, 5.74) is 0.213. The highest BCUT2D eigenvalue weighted by Gasteiger charge is 2.06. The second-order valence-corrected chi connectivity index (χ2v) is 2.79. The minimum atomic E-state index is -0.652. The second kappa shape index (κ2) is 3.63. The maximum atomic E-state index is 12.9. The molecule has 0 aliphatic rings. The van der Waals surface area contributed by atoms with Crippen LogP contribution >= 0.6 is 0 Å². The van der Waals surface area contributed by atoms with Gasteiger partial charge in [-0.05, 0) is 30.7 Å². The number of hydrogen-bond donors (Lipinski definition) is 1. The summed E-state index contributed by atoms with van der Waals surface area (Å²) in [5, 5.41) is 8.93. The molecule has 66 valence electrons. The molecule has 1 nitrogen and oxygen atoms in total. The lowest BCUT2D eigenvalue weighted by molar-refractivity contribution is 0.194. The zero-order valence-corrected chi connectivity index (χ0v) is 6.72. The molecule has 3 heteroatoms. The van der Waals surface area contributed by atoms with Crippen LogP contribution < -0.4 is 0 Å². The van der Waals surface area contributed by atoms with Crippen molar-refractivity contribution < 1.29 is 13.9 Å². The standard InChI is InChI=1S/C9H10F2O/c1-6(12)4-7-5-8(10)2-3-9(7)11/h2-3,5-6,12H,4H2,1H3/t6-/m1/s1. The fourth-order valence-electron chi connectivity index (χ4n) is 1.02. The van der Waals surface area contributed by atoms with Crippen molar-refractivity contribution >= 4 is 0 Å².